The molecule has 1 aliphatic carbocycles. The van der Waals surface area contributed by atoms with Crippen LogP contribution in [0.15, 0.2) is 48.5 Å². The molecule has 3 aliphatic rings. The van der Waals surface area contributed by atoms with Crippen LogP contribution in [0, 0.1) is 5.92 Å². The Labute approximate surface area is 241 Å². The van der Waals surface area contributed by atoms with E-state index in [0.29, 0.717) is 44.9 Å². The van der Waals surface area contributed by atoms with E-state index >= 15 is 0 Å². The van der Waals surface area contributed by atoms with Gasteiger partial charge in [0.25, 0.3) is 0 Å². The number of carbonyl (C=O) groups excluding carboxylic acids is 4. The largest absolute Gasteiger partial charge is 0.491 e. The van der Waals surface area contributed by atoms with Gasteiger partial charge in [-0.2, -0.15) is 0 Å². The molecule has 1 saturated carbocycles. The molecule has 4 amide bonds. The number of hydrogen-bond acceptors (Lipinski definition) is 5. The zero-order valence-corrected chi connectivity index (χ0v) is 23.6. The first-order chi connectivity index (χ1) is 20.0. The Hall–Kier alpha value is -3.88. The van der Waals surface area contributed by atoms with E-state index in [1.807, 2.05) is 48.5 Å². The van der Waals surface area contributed by atoms with Crippen LogP contribution in [0.5, 0.6) is 5.75 Å². The minimum absolute atomic E-state index is 0.0915. The summed E-state index contributed by atoms with van der Waals surface area (Å²) in [6, 6.07) is 13.6. The number of nitrogens with zero attached hydrogens (tertiary/aromatic N) is 2. The third-order valence-electron chi connectivity index (χ3n) is 8.51. The van der Waals surface area contributed by atoms with E-state index in [1.165, 1.54) is 6.42 Å². The molecule has 1 fully saturated rings. The van der Waals surface area contributed by atoms with Crippen LogP contribution in [0.3, 0.4) is 0 Å². The number of nitrogens with one attached hydrogen (secondary N) is 2. The lowest BCUT2D eigenvalue weighted by Crippen LogP contribution is -2.54. The molecule has 0 radical (unpaired) electrons. The van der Waals surface area contributed by atoms with Crippen LogP contribution in [0.1, 0.15) is 62.5 Å². The van der Waals surface area contributed by atoms with Gasteiger partial charge in [-0.1, -0.05) is 68.5 Å². The molecule has 2 aromatic carbocycles. The Kier molecular flexibility index (Phi) is 9.54. The van der Waals surface area contributed by atoms with Crippen LogP contribution < -0.4 is 20.3 Å². The smallest absolute Gasteiger partial charge is 0.322 e. The van der Waals surface area contributed by atoms with Gasteiger partial charge in [-0.15, -0.1) is 0 Å². The number of fused-ring (bicyclic) bond motifs is 2. The van der Waals surface area contributed by atoms with Crippen molar-refractivity contribution >= 4 is 29.8 Å². The average Bonchev–Trinajstić information content (AvgIpc) is 3.31. The summed E-state index contributed by atoms with van der Waals surface area (Å²) >= 11 is 0. The molecule has 41 heavy (non-hydrogen) atoms. The molecule has 2 N–H and O–H groups in total. The second-order valence-electron chi connectivity index (χ2n) is 11.3. The molecule has 2 atom stereocenters. The van der Waals surface area contributed by atoms with Gasteiger partial charge in [0.2, 0.25) is 11.8 Å². The van der Waals surface area contributed by atoms with Crippen molar-refractivity contribution < 1.29 is 23.9 Å². The molecule has 0 aromatic heterocycles. The fraction of sp³-hybridized carbons (Fsp3) is 0.500. The Morgan fingerprint density at radius 1 is 0.951 bits per heavy atom. The minimum atomic E-state index is -0.819. The van der Waals surface area contributed by atoms with Crippen LogP contribution in [-0.4, -0.2) is 60.8 Å². The second-order valence-corrected chi connectivity index (χ2v) is 11.3. The molecule has 2 aliphatic heterocycles. The SMILES string of the molecule is O=C[C@H](CCC(=O)N1CCOc2ccccc2C1)NC(=O)[C@H](CC1CCCCC1)NC(=O)N1CCc2ccccc21. The lowest BCUT2D eigenvalue weighted by molar-refractivity contribution is -0.132. The van der Waals surface area contributed by atoms with Crippen LogP contribution in [-0.2, 0) is 27.3 Å². The van der Waals surface area contributed by atoms with E-state index in [1.54, 1.807) is 9.80 Å². The minimum Gasteiger partial charge on any atom is -0.491 e. The van der Waals surface area contributed by atoms with Crippen molar-refractivity contribution in [3.63, 3.8) is 0 Å². The van der Waals surface area contributed by atoms with Gasteiger partial charge in [-0.3, -0.25) is 14.5 Å². The maximum atomic E-state index is 13.5. The molecular weight excluding hydrogens is 520 g/mol. The Bertz CT molecular complexity index is 1240. The van der Waals surface area contributed by atoms with Gasteiger partial charge in [-0.05, 0) is 42.9 Å². The van der Waals surface area contributed by atoms with Crippen LogP contribution in [0.2, 0.25) is 0 Å². The molecule has 2 aromatic rings. The number of ether oxygens (including phenoxy) is 1. The maximum absolute atomic E-state index is 13.5. The average molecular weight is 561 g/mol. The molecule has 0 bridgehead atoms. The summed E-state index contributed by atoms with van der Waals surface area (Å²) in [5, 5.41) is 5.80. The molecular formula is C32H40N4O5. The first kappa shape index (κ1) is 28.6. The summed E-state index contributed by atoms with van der Waals surface area (Å²) in [6.45, 7) is 1.87. The highest BCUT2D eigenvalue weighted by Crippen LogP contribution is 2.29. The highest BCUT2D eigenvalue weighted by atomic mass is 16.5. The van der Waals surface area contributed by atoms with Gasteiger partial charge in [0, 0.05) is 30.8 Å². The quantitative estimate of drug-likeness (QED) is 0.451. The first-order valence-electron chi connectivity index (χ1n) is 14.9. The first-order valence-corrected chi connectivity index (χ1v) is 14.9. The van der Waals surface area contributed by atoms with E-state index in [-0.39, 0.29) is 30.7 Å². The number of aldehydes is 1. The summed E-state index contributed by atoms with van der Waals surface area (Å²) in [5.74, 6) is 0.656. The van der Waals surface area contributed by atoms with Crippen molar-refractivity contribution in [2.75, 3.05) is 24.6 Å². The normalized spacial score (nSPS) is 18.2. The highest BCUT2D eigenvalue weighted by Gasteiger charge is 2.31. The maximum Gasteiger partial charge on any atom is 0.322 e. The monoisotopic (exact) mass is 560 g/mol. The number of anilines is 1. The predicted molar refractivity (Wildman–Crippen MR) is 156 cm³/mol. The molecule has 0 unspecified atom stereocenters. The molecule has 0 spiro atoms. The summed E-state index contributed by atoms with van der Waals surface area (Å²) < 4.78 is 5.76. The molecule has 2 heterocycles. The fourth-order valence-corrected chi connectivity index (χ4v) is 6.20. The van der Waals surface area contributed by atoms with Gasteiger partial charge >= 0.3 is 6.03 Å². The second kappa shape index (κ2) is 13.7. The summed E-state index contributed by atoms with van der Waals surface area (Å²) in [4.78, 5) is 55.3. The number of urea groups is 1. The van der Waals surface area contributed by atoms with Gasteiger partial charge in [0.1, 0.15) is 24.7 Å². The van der Waals surface area contributed by atoms with Crippen molar-refractivity contribution in [2.45, 2.75) is 76.4 Å². The van der Waals surface area contributed by atoms with Gasteiger partial charge < -0.3 is 25.1 Å². The van der Waals surface area contributed by atoms with E-state index in [0.717, 1.165) is 54.7 Å². The third kappa shape index (κ3) is 7.26. The Morgan fingerprint density at radius 3 is 2.51 bits per heavy atom. The Balaban J connectivity index is 1.19. The Morgan fingerprint density at radius 2 is 1.71 bits per heavy atom. The van der Waals surface area contributed by atoms with Gasteiger partial charge in [-0.25, -0.2) is 4.79 Å². The van der Waals surface area contributed by atoms with Gasteiger partial charge in [0.05, 0.1) is 12.6 Å². The van der Waals surface area contributed by atoms with E-state index in [4.69, 9.17) is 4.74 Å². The van der Waals surface area contributed by atoms with Crippen LogP contribution in [0.4, 0.5) is 10.5 Å². The summed E-state index contributed by atoms with van der Waals surface area (Å²) in [6.07, 6.45) is 7.80. The van der Waals surface area contributed by atoms with Crippen LogP contribution in [0.25, 0.3) is 0 Å². The zero-order valence-electron chi connectivity index (χ0n) is 23.6. The van der Waals surface area contributed by atoms with Crippen molar-refractivity contribution in [2.24, 2.45) is 5.92 Å². The van der Waals surface area contributed by atoms with E-state index in [2.05, 4.69) is 10.6 Å². The van der Waals surface area contributed by atoms with Crippen LogP contribution >= 0.6 is 0 Å². The summed E-state index contributed by atoms with van der Waals surface area (Å²) in [7, 11) is 0. The molecule has 9 nitrogen and oxygen atoms in total. The number of para-hydroxylation sites is 2. The van der Waals surface area contributed by atoms with Crippen molar-refractivity contribution in [3.05, 3.63) is 59.7 Å². The predicted octanol–water partition coefficient (Wildman–Crippen LogP) is 3.98. The van der Waals surface area contributed by atoms with Crippen molar-refractivity contribution in [1.82, 2.24) is 15.5 Å². The van der Waals surface area contributed by atoms with Crippen molar-refractivity contribution in [1.29, 1.82) is 0 Å². The lowest BCUT2D eigenvalue weighted by atomic mass is 9.84. The number of hydrogen-bond donors (Lipinski definition) is 2. The summed E-state index contributed by atoms with van der Waals surface area (Å²) in [5.41, 5.74) is 2.93. The molecule has 5 rings (SSSR count). The fourth-order valence-electron chi connectivity index (χ4n) is 6.20. The standard InChI is InChI=1S/C32H40N4O5/c37-22-26(14-15-30(38)35-18-19-41-29-13-7-5-11-25(29)21-35)33-31(39)27(20-23-8-2-1-3-9-23)34-32(40)36-17-16-24-10-4-6-12-28(24)36/h4-7,10-13,22-23,26-27H,1-3,8-9,14-21H2,(H,33,39)(H,34,40)/t26-,27-/m0/s1. The lowest BCUT2D eigenvalue weighted by Gasteiger charge is -2.29. The van der Waals surface area contributed by atoms with Crippen molar-refractivity contribution in [3.8, 4) is 5.75 Å². The topological polar surface area (TPSA) is 108 Å². The number of rotatable bonds is 9. The highest BCUT2D eigenvalue weighted by molar-refractivity contribution is 5.97. The van der Waals surface area contributed by atoms with E-state index < -0.39 is 12.1 Å². The third-order valence-corrected chi connectivity index (χ3v) is 8.51. The number of carbonyl (C=O) groups is 4. The number of benzene rings is 2. The molecule has 9 heteroatoms. The van der Waals surface area contributed by atoms with Gasteiger partial charge in [0.15, 0.2) is 0 Å². The molecule has 218 valence electrons. The molecule has 0 saturated heterocycles. The number of amides is 4. The van der Waals surface area contributed by atoms with E-state index in [9.17, 15) is 19.2 Å². The zero-order chi connectivity index (χ0) is 28.6.